The first-order chi connectivity index (χ1) is 8.71. The lowest BCUT2D eigenvalue weighted by atomic mass is 9.93. The van der Waals surface area contributed by atoms with E-state index in [1.54, 1.807) is 7.11 Å². The summed E-state index contributed by atoms with van der Waals surface area (Å²) < 4.78 is 5.26. The van der Waals surface area contributed by atoms with Gasteiger partial charge in [0.25, 0.3) is 0 Å². The van der Waals surface area contributed by atoms with Gasteiger partial charge in [-0.15, -0.1) is 0 Å². The van der Waals surface area contributed by atoms with Gasteiger partial charge in [0, 0.05) is 32.3 Å². The van der Waals surface area contributed by atoms with Crippen LogP contribution in [0.4, 0.5) is 0 Å². The number of piperidine rings is 1. The fraction of sp³-hybridized carbons (Fsp3) is 1.00. The highest BCUT2D eigenvalue weighted by atomic mass is 16.5. The number of nitrogens with one attached hydrogen (secondary N) is 1. The summed E-state index contributed by atoms with van der Waals surface area (Å²) in [6.45, 7) is 11.3. The van der Waals surface area contributed by atoms with Crippen LogP contribution in [0.2, 0.25) is 0 Å². The Morgan fingerprint density at radius 1 is 1.33 bits per heavy atom. The van der Waals surface area contributed by atoms with Gasteiger partial charge in [0.1, 0.15) is 0 Å². The molecule has 0 saturated carbocycles. The van der Waals surface area contributed by atoms with E-state index in [0.717, 1.165) is 19.1 Å². The van der Waals surface area contributed by atoms with E-state index in [1.807, 2.05) is 0 Å². The molecule has 1 fully saturated rings. The molecule has 1 saturated heterocycles. The van der Waals surface area contributed by atoms with Crippen molar-refractivity contribution in [1.82, 2.24) is 10.2 Å². The van der Waals surface area contributed by atoms with E-state index in [2.05, 4.69) is 31.0 Å². The summed E-state index contributed by atoms with van der Waals surface area (Å²) >= 11 is 0. The first kappa shape index (κ1) is 15.9. The Hall–Kier alpha value is -0.120. The van der Waals surface area contributed by atoms with Gasteiger partial charge in [-0.2, -0.15) is 0 Å². The molecule has 1 N–H and O–H groups in total. The van der Waals surface area contributed by atoms with Gasteiger partial charge in [-0.05, 0) is 38.1 Å². The maximum atomic E-state index is 5.26. The third-order valence-corrected chi connectivity index (χ3v) is 4.25. The summed E-state index contributed by atoms with van der Waals surface area (Å²) in [4.78, 5) is 2.62. The number of ether oxygens (including phenoxy) is 1. The Labute approximate surface area is 113 Å². The van der Waals surface area contributed by atoms with Crippen molar-refractivity contribution in [3.63, 3.8) is 0 Å². The average Bonchev–Trinajstić information content (AvgIpc) is 2.37. The Kier molecular flexibility index (Phi) is 7.87. The van der Waals surface area contributed by atoms with Crippen LogP contribution in [0.1, 0.15) is 46.5 Å². The molecule has 0 spiro atoms. The number of hydrogen-bond acceptors (Lipinski definition) is 3. The standard InChI is InChI=1S/C15H32N2O/c1-5-15(6-2)17(9-10-18-4)12-14-11-13(3)7-8-16-14/h13-16H,5-12H2,1-4H3. The zero-order valence-corrected chi connectivity index (χ0v) is 12.7. The summed E-state index contributed by atoms with van der Waals surface area (Å²) in [5.41, 5.74) is 0. The van der Waals surface area contributed by atoms with Gasteiger partial charge in [-0.3, -0.25) is 4.90 Å². The molecule has 18 heavy (non-hydrogen) atoms. The van der Waals surface area contributed by atoms with Gasteiger partial charge in [0.15, 0.2) is 0 Å². The van der Waals surface area contributed by atoms with E-state index in [9.17, 15) is 0 Å². The van der Waals surface area contributed by atoms with E-state index in [1.165, 1.54) is 38.8 Å². The van der Waals surface area contributed by atoms with Crippen LogP contribution in [-0.2, 0) is 4.74 Å². The molecule has 1 rings (SSSR count). The molecule has 0 aromatic heterocycles. The van der Waals surface area contributed by atoms with Gasteiger partial charge in [0.05, 0.1) is 6.61 Å². The Balaban J connectivity index is 2.47. The summed E-state index contributed by atoms with van der Waals surface area (Å²) in [6.07, 6.45) is 5.13. The molecule has 0 radical (unpaired) electrons. The quantitative estimate of drug-likeness (QED) is 0.722. The van der Waals surface area contributed by atoms with E-state index in [0.29, 0.717) is 12.1 Å². The lowest BCUT2D eigenvalue weighted by molar-refractivity contribution is 0.0993. The van der Waals surface area contributed by atoms with Crippen LogP contribution in [0.5, 0.6) is 0 Å². The zero-order chi connectivity index (χ0) is 13.4. The molecule has 2 unspecified atom stereocenters. The van der Waals surface area contributed by atoms with Crippen molar-refractivity contribution in [2.45, 2.75) is 58.5 Å². The van der Waals surface area contributed by atoms with Crippen molar-refractivity contribution in [3.05, 3.63) is 0 Å². The number of hydrogen-bond donors (Lipinski definition) is 1. The lowest BCUT2D eigenvalue weighted by Crippen LogP contribution is -2.49. The highest BCUT2D eigenvalue weighted by molar-refractivity contribution is 4.81. The fourth-order valence-electron chi connectivity index (χ4n) is 3.08. The van der Waals surface area contributed by atoms with Gasteiger partial charge >= 0.3 is 0 Å². The smallest absolute Gasteiger partial charge is 0.0589 e. The summed E-state index contributed by atoms with van der Waals surface area (Å²) in [7, 11) is 1.80. The molecule has 0 aliphatic carbocycles. The predicted octanol–water partition coefficient (Wildman–Crippen LogP) is 2.51. The minimum absolute atomic E-state index is 0.672. The summed E-state index contributed by atoms with van der Waals surface area (Å²) in [5, 5.41) is 3.68. The molecule has 3 nitrogen and oxygen atoms in total. The van der Waals surface area contributed by atoms with Crippen molar-refractivity contribution in [3.8, 4) is 0 Å². The van der Waals surface area contributed by atoms with Crippen molar-refractivity contribution in [2.24, 2.45) is 5.92 Å². The molecule has 1 heterocycles. The maximum absolute atomic E-state index is 5.26. The van der Waals surface area contributed by atoms with Crippen LogP contribution in [0.15, 0.2) is 0 Å². The van der Waals surface area contributed by atoms with E-state index in [4.69, 9.17) is 4.74 Å². The molecule has 0 aromatic rings. The molecule has 108 valence electrons. The minimum Gasteiger partial charge on any atom is -0.383 e. The Morgan fingerprint density at radius 3 is 2.61 bits per heavy atom. The van der Waals surface area contributed by atoms with Gasteiger partial charge < -0.3 is 10.1 Å². The second-order valence-electron chi connectivity index (χ2n) is 5.74. The van der Waals surface area contributed by atoms with Crippen LogP contribution in [0.3, 0.4) is 0 Å². The molecule has 0 aromatic carbocycles. The highest BCUT2D eigenvalue weighted by Gasteiger charge is 2.23. The van der Waals surface area contributed by atoms with Crippen molar-refractivity contribution >= 4 is 0 Å². The largest absolute Gasteiger partial charge is 0.383 e. The first-order valence-electron chi connectivity index (χ1n) is 7.67. The Bertz CT molecular complexity index is 207. The van der Waals surface area contributed by atoms with E-state index >= 15 is 0 Å². The normalized spacial score (nSPS) is 25.0. The third-order valence-electron chi connectivity index (χ3n) is 4.25. The van der Waals surface area contributed by atoms with Crippen LogP contribution >= 0.6 is 0 Å². The minimum atomic E-state index is 0.672. The van der Waals surface area contributed by atoms with E-state index < -0.39 is 0 Å². The van der Waals surface area contributed by atoms with Crippen LogP contribution in [0, 0.1) is 5.92 Å². The van der Waals surface area contributed by atoms with Crippen molar-refractivity contribution in [1.29, 1.82) is 0 Å². The number of nitrogens with zero attached hydrogens (tertiary/aromatic N) is 1. The Morgan fingerprint density at radius 2 is 2.06 bits per heavy atom. The molecular weight excluding hydrogens is 224 g/mol. The SMILES string of the molecule is CCC(CC)N(CCOC)CC1CC(C)CCN1. The molecule has 0 amide bonds. The fourth-order valence-corrected chi connectivity index (χ4v) is 3.08. The van der Waals surface area contributed by atoms with Crippen molar-refractivity contribution < 1.29 is 4.74 Å². The van der Waals surface area contributed by atoms with Crippen molar-refractivity contribution in [2.75, 3.05) is 33.4 Å². The second-order valence-corrected chi connectivity index (χ2v) is 5.74. The van der Waals surface area contributed by atoms with Gasteiger partial charge in [-0.25, -0.2) is 0 Å². The predicted molar refractivity (Wildman–Crippen MR) is 78.0 cm³/mol. The van der Waals surface area contributed by atoms with Gasteiger partial charge in [0.2, 0.25) is 0 Å². The molecule has 1 aliphatic heterocycles. The number of methoxy groups -OCH3 is 1. The molecular formula is C15H32N2O. The summed E-state index contributed by atoms with van der Waals surface area (Å²) in [5.74, 6) is 0.877. The van der Waals surface area contributed by atoms with E-state index in [-0.39, 0.29) is 0 Å². The van der Waals surface area contributed by atoms with Crippen LogP contribution in [-0.4, -0.2) is 50.3 Å². The highest BCUT2D eigenvalue weighted by Crippen LogP contribution is 2.18. The third kappa shape index (κ3) is 5.25. The summed E-state index contributed by atoms with van der Waals surface area (Å²) in [6, 6.07) is 1.38. The topological polar surface area (TPSA) is 24.5 Å². The zero-order valence-electron chi connectivity index (χ0n) is 12.7. The second kappa shape index (κ2) is 8.89. The lowest BCUT2D eigenvalue weighted by Gasteiger charge is -2.36. The molecule has 2 atom stereocenters. The monoisotopic (exact) mass is 256 g/mol. The number of rotatable bonds is 8. The molecule has 0 bridgehead atoms. The molecule has 3 heteroatoms. The maximum Gasteiger partial charge on any atom is 0.0589 e. The van der Waals surface area contributed by atoms with Gasteiger partial charge in [-0.1, -0.05) is 20.8 Å². The first-order valence-corrected chi connectivity index (χ1v) is 7.67. The average molecular weight is 256 g/mol. The van der Waals surface area contributed by atoms with Crippen LogP contribution in [0.25, 0.3) is 0 Å². The van der Waals surface area contributed by atoms with Crippen LogP contribution < -0.4 is 5.32 Å². The molecule has 1 aliphatic rings.